The number of nitrogen functional groups attached to an aromatic ring is 1. The number of imidazole rings is 3. The minimum Gasteiger partial charge on any atom is -0.481 e. The van der Waals surface area contributed by atoms with Crippen molar-refractivity contribution in [2.45, 2.75) is 155 Å². The molecule has 1 saturated heterocycles. The zero-order chi connectivity index (χ0) is 79.3. The second-order valence-electron chi connectivity index (χ2n) is 24.2. The molecule has 7 N–H and O–H groups in total. The summed E-state index contributed by atoms with van der Waals surface area (Å²) in [5.74, 6) is -0.622. The number of ketones is 5. The van der Waals surface area contributed by atoms with Crippen LogP contribution in [-0.4, -0.2) is 151 Å². The van der Waals surface area contributed by atoms with Gasteiger partial charge >= 0.3 is 13.1 Å². The minimum absolute atomic E-state index is 0.00869. The number of anilines is 1. The van der Waals surface area contributed by atoms with E-state index in [2.05, 4.69) is 68.0 Å². The maximum absolute atomic E-state index is 11.7. The molecule has 33 heteroatoms. The van der Waals surface area contributed by atoms with Crippen molar-refractivity contribution in [3.63, 3.8) is 0 Å². The average molecular weight is 1570 g/mol. The van der Waals surface area contributed by atoms with Gasteiger partial charge in [0.05, 0.1) is 90.7 Å². The molecule has 0 amide bonds. The first kappa shape index (κ1) is 84.4. The Morgan fingerprint density at radius 1 is 0.673 bits per heavy atom. The summed E-state index contributed by atoms with van der Waals surface area (Å²) in [4.78, 5) is 97.1. The van der Waals surface area contributed by atoms with Crippen LogP contribution in [0.15, 0.2) is 100 Å². The molecule has 1 aliphatic heterocycles. The van der Waals surface area contributed by atoms with Crippen LogP contribution in [0.5, 0.6) is 0 Å². The van der Waals surface area contributed by atoms with Gasteiger partial charge in [-0.2, -0.15) is 5.26 Å². The van der Waals surface area contributed by atoms with Gasteiger partial charge in [-0.05, 0) is 137 Å². The Kier molecular flexibility index (Phi) is 31.1. The number of nitrogens with two attached hydrogens (primary N) is 2. The van der Waals surface area contributed by atoms with Gasteiger partial charge in [0, 0.05) is 157 Å². The second kappa shape index (κ2) is 38.3. The van der Waals surface area contributed by atoms with Crippen LogP contribution in [0, 0.1) is 11.3 Å². The number of nitrogens with one attached hydrogen (secondary N) is 1. The molecule has 1 aliphatic rings. The van der Waals surface area contributed by atoms with Crippen LogP contribution in [0.3, 0.4) is 0 Å². The van der Waals surface area contributed by atoms with Crippen molar-refractivity contribution in [1.82, 2.24) is 61.5 Å². The number of alkyl halides is 1. The fourth-order valence-electron chi connectivity index (χ4n) is 10.7. The summed E-state index contributed by atoms with van der Waals surface area (Å²) in [6.45, 7) is 32.8. The Bertz CT molecular complexity index is 4760. The molecule has 0 radical (unpaired) electrons. The molecule has 0 aliphatic carbocycles. The number of hydrogen-bond acceptors (Lipinski definition) is 18. The first-order valence-electron chi connectivity index (χ1n) is 33.5. The Balaban J connectivity index is 0.000000265. The third-order valence-corrected chi connectivity index (χ3v) is 17.2. The van der Waals surface area contributed by atoms with Crippen LogP contribution in [0.25, 0.3) is 44.6 Å². The lowest BCUT2D eigenvalue weighted by molar-refractivity contribution is -0.134. The number of carbonyl (C=O) groups is 7. The van der Waals surface area contributed by atoms with Crippen LogP contribution in [-0.2, 0) is 72.7 Å². The monoisotopic (exact) mass is 1560 g/mol. The van der Waals surface area contributed by atoms with Crippen molar-refractivity contribution in [3.8, 4) is 28.6 Å². The van der Waals surface area contributed by atoms with Crippen LogP contribution in [0.4, 0.5) is 10.2 Å². The highest BCUT2D eigenvalue weighted by atomic mass is 79.9. The SMILES string of the molecule is CC(=O)O.CCOC(=O)c1cc(Br)c[nH]1.CCn1c(C(C)=O)cc2c3c(ncn3C)c(N)nc21.CCn1cc(-c2c(C#N)ncn2C)cc1C(C)=O.CCn1cc(-c2c(C(N)=NO)ncn2C)cc1C(C)=O.CCn1cc(B2OC(C)(C)C(C)(C)O2)cc1C(C)=O.CCn1cc(Br)cc1C(C)=O.[2H]CF. The molecule has 11 heterocycles. The summed E-state index contributed by atoms with van der Waals surface area (Å²) < 4.78 is 49.0. The number of amidine groups is 1. The highest BCUT2D eigenvalue weighted by Gasteiger charge is 2.52. The number of carbonyl (C=O) groups excluding carboxylic acids is 6. The lowest BCUT2D eigenvalue weighted by atomic mass is 9.81. The number of halogens is 3. The predicted octanol–water partition coefficient (Wildman–Crippen LogP) is 12.0. The lowest BCUT2D eigenvalue weighted by Crippen LogP contribution is -2.41. The molecule has 558 valence electrons. The molecule has 1 fully saturated rings. The van der Waals surface area contributed by atoms with E-state index >= 15 is 0 Å². The Hall–Kier alpha value is -10.3. The smallest absolute Gasteiger partial charge is 0.481 e. The van der Waals surface area contributed by atoms with E-state index in [0.717, 1.165) is 73.5 Å². The maximum atomic E-state index is 11.7. The third kappa shape index (κ3) is 21.0. The number of nitriles is 1. The van der Waals surface area contributed by atoms with E-state index < -0.39 is 20.2 Å². The number of carboxylic acid groups (broad SMARTS) is 1. The van der Waals surface area contributed by atoms with E-state index in [0.29, 0.717) is 83.1 Å². The molecule has 0 aromatic carbocycles. The van der Waals surface area contributed by atoms with Gasteiger partial charge in [-0.1, -0.05) is 5.16 Å². The quantitative estimate of drug-likeness (QED) is 0.0114. The zero-order valence-corrected chi connectivity index (χ0v) is 65.3. The number of aromatic nitrogens is 13. The number of H-pyrrole nitrogens is 1. The number of aromatic amines is 1. The molecular weight excluding hydrogens is 1470 g/mol. The number of nitrogens with zero attached hydrogens (tertiary/aromatic N) is 14. The van der Waals surface area contributed by atoms with E-state index in [1.165, 1.54) is 6.92 Å². The highest BCUT2D eigenvalue weighted by Crippen LogP contribution is 2.37. The zero-order valence-electron chi connectivity index (χ0n) is 63.1. The number of fused-ring (bicyclic) bond motifs is 3. The van der Waals surface area contributed by atoms with E-state index in [-0.39, 0.29) is 51.9 Å². The lowest BCUT2D eigenvalue weighted by Gasteiger charge is -2.32. The summed E-state index contributed by atoms with van der Waals surface area (Å²) in [5.41, 5.74) is 21.8. The maximum Gasteiger partial charge on any atom is 0.496 e. The van der Waals surface area contributed by atoms with Crippen LogP contribution in [0.1, 0.15) is 186 Å². The first-order valence-corrected chi connectivity index (χ1v) is 34.3. The van der Waals surface area contributed by atoms with Crippen molar-refractivity contribution in [2.75, 3.05) is 19.5 Å². The van der Waals surface area contributed by atoms with Gasteiger partial charge in [-0.15, -0.1) is 0 Å². The number of esters is 1. The largest absolute Gasteiger partial charge is 0.496 e. The van der Waals surface area contributed by atoms with Gasteiger partial charge in [-0.25, -0.2) is 24.7 Å². The third-order valence-electron chi connectivity index (χ3n) is 16.3. The average Bonchev–Trinajstić information content (AvgIpc) is 1.60. The second-order valence-corrected chi connectivity index (χ2v) is 26.0. The van der Waals surface area contributed by atoms with Crippen LogP contribution < -0.4 is 16.9 Å². The number of carboxylic acids is 1. The summed E-state index contributed by atoms with van der Waals surface area (Å²) in [5, 5.41) is 29.2. The Morgan fingerprint density at radius 2 is 1.12 bits per heavy atom. The Labute approximate surface area is 621 Å². The number of aryl methyl sites for hydroxylation is 8. The summed E-state index contributed by atoms with van der Waals surface area (Å²) in [7, 11) is 4.15. The van der Waals surface area contributed by atoms with Crippen molar-refractivity contribution >= 4 is 119 Å². The molecule has 29 nitrogen and oxygen atoms in total. The predicted molar refractivity (Wildman–Crippen MR) is 404 cm³/mol. The molecule has 104 heavy (non-hydrogen) atoms. The van der Waals surface area contributed by atoms with Crippen LogP contribution >= 0.6 is 31.9 Å². The van der Waals surface area contributed by atoms with Gasteiger partial charge in [0.15, 0.2) is 46.3 Å². The van der Waals surface area contributed by atoms with Gasteiger partial charge in [0.25, 0.3) is 5.97 Å². The number of pyridine rings is 1. The fraction of sp³-hybridized carbons (Fsp3) is 0.394. The first-order chi connectivity index (χ1) is 49.3. The molecule has 0 saturated carbocycles. The number of oxime groups is 1. The van der Waals surface area contributed by atoms with E-state index in [4.69, 9.17) is 47.3 Å². The van der Waals surface area contributed by atoms with Crippen molar-refractivity contribution in [1.29, 1.82) is 5.26 Å². The van der Waals surface area contributed by atoms with Gasteiger partial charge in [0.1, 0.15) is 28.6 Å². The van der Waals surface area contributed by atoms with Crippen molar-refractivity contribution < 1.29 is 63.7 Å². The Morgan fingerprint density at radius 3 is 1.55 bits per heavy atom. The number of ether oxygens (including phenoxy) is 1. The normalized spacial score (nSPS) is 12.5. The molecule has 10 aromatic rings. The van der Waals surface area contributed by atoms with Gasteiger partial charge in [0.2, 0.25) is 0 Å². The molecule has 0 spiro atoms. The van der Waals surface area contributed by atoms with E-state index in [1.54, 1.807) is 81.1 Å². The minimum atomic E-state index is -1.00. The van der Waals surface area contributed by atoms with Crippen LogP contribution in [0.2, 0.25) is 0 Å². The van der Waals surface area contributed by atoms with Crippen molar-refractivity contribution in [2.24, 2.45) is 32.0 Å². The number of rotatable bonds is 16. The molecular formula is C71H93BBr2FN17O12. The van der Waals surface area contributed by atoms with Crippen molar-refractivity contribution in [3.05, 3.63) is 141 Å². The molecule has 0 bridgehead atoms. The standard InChI is InChI=1S/C14H22BNO3.C13H17N5O2.C13H15N5O.C13H14N4O.C8H10BrNO.C7H8BrNO2.C2H4O2.CH3F/c1-7-16-9-11(8-12(16)10(2)17)15-18-13(3,4)14(5,6)19-15;1-4-18-6-9(5-10(18)8(2)19)12-11(13(14)16-20)15-7-17(12)3;1-4-18-9(7(2)19)5-8-11-10(15-6-17(11)3)12(14)16-13(8)18;1-4-17-7-10(5-12(17)9(2)18)13-11(6-14)15-8-16(13)3;1-3-10-5-7(9)4-8(10)6(2)11;1-2-11-7(10)6-3-5(8)4-9-6;1-2(3)4;1-2/h8-9H,7H2,1-6H3;5-7,20H,4H2,1-3H3,(H2,14,16);5-6H,4H2,1-3H3,(H2,14,16);5,7-8H,4H2,1-3H3;4-5H,3H2,1-2H3;3-4,9H,2H2,1H3;1H3,(H,3,4);1H3/i;;;;;;;1D. The van der Waals surface area contributed by atoms with E-state index in [9.17, 15) is 33.2 Å². The summed E-state index contributed by atoms with van der Waals surface area (Å²) in [6.07, 6.45) is 14.2. The number of Topliss-reactive ketones (excluding diaryl/α,β-unsaturated/α-hetero) is 5. The number of aliphatic carboxylic acids is 1. The summed E-state index contributed by atoms with van der Waals surface area (Å²) in [6, 6.07) is 12.9. The van der Waals surface area contributed by atoms with E-state index in [1.807, 2.05) is 160 Å². The van der Waals surface area contributed by atoms with Gasteiger partial charge in [-0.3, -0.25) is 33.2 Å². The van der Waals surface area contributed by atoms with Gasteiger partial charge < -0.3 is 77.3 Å². The topological polar surface area (TPSA) is 383 Å². The molecule has 11 rings (SSSR count). The molecule has 0 atom stereocenters. The molecule has 10 aromatic heterocycles. The fourth-order valence-corrected chi connectivity index (χ4v) is 11.5. The highest BCUT2D eigenvalue weighted by molar-refractivity contribution is 9.10. The summed E-state index contributed by atoms with van der Waals surface area (Å²) >= 11 is 6.53. The number of hydrogen-bond donors (Lipinski definition) is 5. The molecule has 0 unspecified atom stereocenters.